The van der Waals surface area contributed by atoms with Gasteiger partial charge in [-0.3, -0.25) is 0 Å². The third-order valence-corrected chi connectivity index (χ3v) is 3.90. The van der Waals surface area contributed by atoms with Gasteiger partial charge in [-0.05, 0) is 31.1 Å². The number of nitrogens with zero attached hydrogens (tertiary/aromatic N) is 2. The standard InChI is InChI=1S/C16H28N2/c1-12(9-10-16(4,5)6)14(3)15(18-8)13(2)11-17-7/h12-15H,9-11H2,1-6H3/t12?,13-,14+,15-/m0/s1. The van der Waals surface area contributed by atoms with Gasteiger partial charge in [-0.15, -0.1) is 0 Å². The maximum atomic E-state index is 7.37. The maximum Gasteiger partial charge on any atom is 0.236 e. The average Bonchev–Trinajstić information content (AvgIpc) is 2.26. The predicted molar refractivity (Wildman–Crippen MR) is 78.0 cm³/mol. The van der Waals surface area contributed by atoms with Gasteiger partial charge in [0.05, 0.1) is 0 Å². The van der Waals surface area contributed by atoms with E-state index in [0.29, 0.717) is 23.8 Å². The van der Waals surface area contributed by atoms with Crippen molar-refractivity contribution in [1.82, 2.24) is 0 Å². The highest BCUT2D eigenvalue weighted by molar-refractivity contribution is 4.92. The molecule has 0 aliphatic carbocycles. The lowest BCUT2D eigenvalue weighted by Gasteiger charge is -2.26. The van der Waals surface area contributed by atoms with E-state index in [4.69, 9.17) is 13.1 Å². The van der Waals surface area contributed by atoms with Crippen molar-refractivity contribution >= 4 is 0 Å². The molecule has 0 aromatic heterocycles. The van der Waals surface area contributed by atoms with Crippen LogP contribution >= 0.6 is 0 Å². The van der Waals surface area contributed by atoms with E-state index in [1.54, 1.807) is 0 Å². The van der Waals surface area contributed by atoms with Crippen LogP contribution in [0.3, 0.4) is 0 Å². The van der Waals surface area contributed by atoms with Crippen LogP contribution in [0.25, 0.3) is 9.69 Å². The highest BCUT2D eigenvalue weighted by Crippen LogP contribution is 2.31. The van der Waals surface area contributed by atoms with Gasteiger partial charge in [-0.25, -0.2) is 13.1 Å². The smallest absolute Gasteiger partial charge is 0.236 e. The first-order valence-electron chi connectivity index (χ1n) is 6.92. The molecule has 0 aromatic carbocycles. The Morgan fingerprint density at radius 3 is 1.94 bits per heavy atom. The lowest BCUT2D eigenvalue weighted by molar-refractivity contribution is 0.250. The number of rotatable bonds is 6. The highest BCUT2D eigenvalue weighted by atomic mass is 14.8. The van der Waals surface area contributed by atoms with Crippen molar-refractivity contribution in [2.45, 2.75) is 60.4 Å². The third-order valence-electron chi connectivity index (χ3n) is 3.90. The predicted octanol–water partition coefficient (Wildman–Crippen LogP) is 4.93. The minimum atomic E-state index is -0.00549. The quantitative estimate of drug-likeness (QED) is 0.589. The molecular formula is C16H28N2. The molecule has 0 bridgehead atoms. The maximum absolute atomic E-state index is 7.37. The van der Waals surface area contributed by atoms with Crippen LogP contribution in [0.1, 0.15) is 54.4 Å². The average molecular weight is 248 g/mol. The van der Waals surface area contributed by atoms with Crippen LogP contribution in [0.15, 0.2) is 0 Å². The zero-order chi connectivity index (χ0) is 14.3. The molecule has 0 spiro atoms. The van der Waals surface area contributed by atoms with E-state index in [2.05, 4.69) is 44.3 Å². The summed E-state index contributed by atoms with van der Waals surface area (Å²) >= 11 is 0. The summed E-state index contributed by atoms with van der Waals surface area (Å²) in [5.41, 5.74) is 0.365. The second-order valence-corrected chi connectivity index (χ2v) is 6.87. The molecule has 0 rings (SSSR count). The molecule has 0 heterocycles. The van der Waals surface area contributed by atoms with Gasteiger partial charge in [-0.2, -0.15) is 0 Å². The van der Waals surface area contributed by atoms with Crippen LogP contribution in [0.4, 0.5) is 0 Å². The van der Waals surface area contributed by atoms with Gasteiger partial charge in [0.1, 0.15) is 5.92 Å². The van der Waals surface area contributed by atoms with Crippen LogP contribution in [0.2, 0.25) is 0 Å². The zero-order valence-electron chi connectivity index (χ0n) is 12.8. The first kappa shape index (κ1) is 17.0. The summed E-state index contributed by atoms with van der Waals surface area (Å²) in [7, 11) is 0. The fourth-order valence-corrected chi connectivity index (χ4v) is 2.28. The van der Waals surface area contributed by atoms with Crippen molar-refractivity contribution in [3.63, 3.8) is 0 Å². The van der Waals surface area contributed by atoms with Gasteiger partial charge in [0.2, 0.25) is 12.6 Å². The Morgan fingerprint density at radius 1 is 1.00 bits per heavy atom. The highest BCUT2D eigenvalue weighted by Gasteiger charge is 2.34. The molecule has 0 aliphatic heterocycles. The third kappa shape index (κ3) is 6.06. The Hall–Kier alpha value is -1.02. The summed E-state index contributed by atoms with van der Waals surface area (Å²) in [5, 5.41) is 0. The molecule has 0 radical (unpaired) electrons. The summed E-state index contributed by atoms with van der Waals surface area (Å²) in [6.07, 6.45) is 2.36. The van der Waals surface area contributed by atoms with E-state index >= 15 is 0 Å². The molecule has 0 amide bonds. The Morgan fingerprint density at radius 2 is 1.56 bits per heavy atom. The van der Waals surface area contributed by atoms with Gasteiger partial charge in [-0.1, -0.05) is 34.6 Å². The van der Waals surface area contributed by atoms with Crippen molar-refractivity contribution in [1.29, 1.82) is 0 Å². The SMILES string of the molecule is [C-]#[N+]C[C@H](C)[C@H]([N+]#[C-])[C@H](C)C(C)CCC(C)(C)C. The van der Waals surface area contributed by atoms with E-state index in [9.17, 15) is 0 Å². The van der Waals surface area contributed by atoms with Crippen molar-refractivity contribution in [3.05, 3.63) is 22.8 Å². The molecule has 0 aromatic rings. The summed E-state index contributed by atoms with van der Waals surface area (Å²) in [6, 6.07) is -0.00549. The van der Waals surface area contributed by atoms with Crippen molar-refractivity contribution in [2.24, 2.45) is 23.2 Å². The lowest BCUT2D eigenvalue weighted by Crippen LogP contribution is -2.29. The van der Waals surface area contributed by atoms with Crippen LogP contribution in [0, 0.1) is 36.3 Å². The summed E-state index contributed by atoms with van der Waals surface area (Å²) in [5.74, 6) is 1.12. The topological polar surface area (TPSA) is 8.72 Å². The molecule has 18 heavy (non-hydrogen) atoms. The van der Waals surface area contributed by atoms with Gasteiger partial charge in [0.25, 0.3) is 0 Å². The molecule has 2 nitrogen and oxygen atoms in total. The van der Waals surface area contributed by atoms with Gasteiger partial charge in [0, 0.05) is 5.92 Å². The molecule has 4 atom stereocenters. The Balaban J connectivity index is 4.47. The number of hydrogen-bond donors (Lipinski definition) is 0. The monoisotopic (exact) mass is 248 g/mol. The van der Waals surface area contributed by atoms with E-state index in [-0.39, 0.29) is 12.0 Å². The van der Waals surface area contributed by atoms with Gasteiger partial charge >= 0.3 is 0 Å². The fourth-order valence-electron chi connectivity index (χ4n) is 2.28. The molecule has 102 valence electrons. The largest absolute Gasteiger partial charge is 0.316 e. The first-order valence-corrected chi connectivity index (χ1v) is 6.92. The van der Waals surface area contributed by atoms with E-state index in [1.807, 2.05) is 6.92 Å². The minimum absolute atomic E-state index is 0.00549. The molecular weight excluding hydrogens is 220 g/mol. The molecule has 0 fully saturated rings. The molecule has 0 saturated heterocycles. The van der Waals surface area contributed by atoms with Gasteiger partial charge in [0.15, 0.2) is 0 Å². The second kappa shape index (κ2) is 7.42. The lowest BCUT2D eigenvalue weighted by atomic mass is 9.78. The molecule has 0 N–H and O–H groups in total. The Kier molecular flexibility index (Phi) is 7.00. The van der Waals surface area contributed by atoms with Crippen LogP contribution in [0.5, 0.6) is 0 Å². The minimum Gasteiger partial charge on any atom is -0.316 e. The summed E-state index contributed by atoms with van der Waals surface area (Å²) in [4.78, 5) is 7.22. The van der Waals surface area contributed by atoms with Crippen molar-refractivity contribution in [2.75, 3.05) is 6.54 Å². The molecule has 0 saturated carbocycles. The van der Waals surface area contributed by atoms with E-state index in [1.165, 1.54) is 12.8 Å². The normalized spacial score (nSPS) is 18.2. The van der Waals surface area contributed by atoms with E-state index in [0.717, 1.165) is 0 Å². The molecule has 1 unspecified atom stereocenters. The number of hydrogen-bond acceptors (Lipinski definition) is 0. The Labute approximate surface area is 113 Å². The second-order valence-electron chi connectivity index (χ2n) is 6.87. The van der Waals surface area contributed by atoms with Crippen LogP contribution in [-0.2, 0) is 0 Å². The Bertz CT molecular complexity index is 313. The summed E-state index contributed by atoms with van der Waals surface area (Å²) < 4.78 is 0. The van der Waals surface area contributed by atoms with Gasteiger partial charge < -0.3 is 9.69 Å². The zero-order valence-corrected chi connectivity index (χ0v) is 12.8. The van der Waals surface area contributed by atoms with Crippen molar-refractivity contribution in [3.8, 4) is 0 Å². The molecule has 0 aliphatic rings. The fraction of sp³-hybridized carbons (Fsp3) is 0.875. The molecule has 2 heteroatoms. The van der Waals surface area contributed by atoms with Crippen molar-refractivity contribution < 1.29 is 0 Å². The van der Waals surface area contributed by atoms with Crippen LogP contribution in [-0.4, -0.2) is 12.6 Å². The first-order chi connectivity index (χ1) is 8.22. The van der Waals surface area contributed by atoms with Crippen LogP contribution < -0.4 is 0 Å². The van der Waals surface area contributed by atoms with E-state index < -0.39 is 0 Å². The summed E-state index contributed by atoms with van der Waals surface area (Å²) in [6.45, 7) is 28.0.